The van der Waals surface area contributed by atoms with Crippen molar-refractivity contribution in [1.29, 1.82) is 0 Å². The fourth-order valence-corrected chi connectivity index (χ4v) is 2.29. The highest BCUT2D eigenvalue weighted by molar-refractivity contribution is 5.95. The van der Waals surface area contributed by atoms with Crippen molar-refractivity contribution in [3.63, 3.8) is 0 Å². The summed E-state index contributed by atoms with van der Waals surface area (Å²) in [6, 6.07) is 12.4. The smallest absolute Gasteiger partial charge is 0.226 e. The van der Waals surface area contributed by atoms with Gasteiger partial charge in [-0.05, 0) is 31.2 Å². The zero-order valence-corrected chi connectivity index (χ0v) is 14.6. The summed E-state index contributed by atoms with van der Waals surface area (Å²) in [5.74, 6) is 1.06. The van der Waals surface area contributed by atoms with Gasteiger partial charge in [-0.15, -0.1) is 0 Å². The minimum atomic E-state index is -0.151. The Labute approximate surface area is 147 Å². The first kappa shape index (κ1) is 18.3. The Morgan fingerprint density at radius 2 is 1.84 bits per heavy atom. The second-order valence-corrected chi connectivity index (χ2v) is 5.43. The molecule has 0 unspecified atom stereocenters. The first-order valence-electron chi connectivity index (χ1n) is 7.90. The summed E-state index contributed by atoms with van der Waals surface area (Å²) in [5.41, 5.74) is 2.00. The van der Waals surface area contributed by atoms with Crippen LogP contribution in [0.15, 0.2) is 42.5 Å². The van der Waals surface area contributed by atoms with Gasteiger partial charge in [-0.25, -0.2) is 0 Å². The first-order chi connectivity index (χ1) is 12.0. The number of rotatable bonds is 8. The second-order valence-electron chi connectivity index (χ2n) is 5.43. The molecule has 0 aliphatic heterocycles. The van der Waals surface area contributed by atoms with Crippen LogP contribution >= 0.6 is 0 Å². The number of hydrogen-bond acceptors (Lipinski definition) is 5. The molecule has 0 radical (unpaired) electrons. The van der Waals surface area contributed by atoms with Crippen LogP contribution in [0.2, 0.25) is 0 Å². The van der Waals surface area contributed by atoms with E-state index in [1.807, 2.05) is 6.07 Å². The van der Waals surface area contributed by atoms with Gasteiger partial charge >= 0.3 is 0 Å². The van der Waals surface area contributed by atoms with Gasteiger partial charge in [-0.2, -0.15) is 0 Å². The van der Waals surface area contributed by atoms with Gasteiger partial charge in [0.15, 0.2) is 5.78 Å². The van der Waals surface area contributed by atoms with Crippen molar-refractivity contribution in [3.05, 3.63) is 48.0 Å². The van der Waals surface area contributed by atoms with E-state index >= 15 is 0 Å². The number of carbonyl (C=O) groups excluding carboxylic acids is 2. The molecular formula is C19H22N2O4. The highest BCUT2D eigenvalue weighted by atomic mass is 16.5. The number of amides is 1. The summed E-state index contributed by atoms with van der Waals surface area (Å²) in [5, 5.41) is 5.95. The number of Topliss-reactive ketones (excluding diaryl/α,β-unsaturated/α-hetero) is 1. The molecular weight excluding hydrogens is 320 g/mol. The van der Waals surface area contributed by atoms with Gasteiger partial charge in [0.1, 0.15) is 11.5 Å². The van der Waals surface area contributed by atoms with Crippen molar-refractivity contribution in [2.24, 2.45) is 0 Å². The molecule has 0 aliphatic rings. The topological polar surface area (TPSA) is 76.7 Å². The summed E-state index contributed by atoms with van der Waals surface area (Å²) >= 11 is 0. The molecule has 0 aliphatic carbocycles. The van der Waals surface area contributed by atoms with Crippen molar-refractivity contribution < 1.29 is 19.1 Å². The summed E-state index contributed by atoms with van der Waals surface area (Å²) < 4.78 is 10.4. The molecule has 0 saturated carbocycles. The molecule has 0 heterocycles. The zero-order chi connectivity index (χ0) is 18.2. The van der Waals surface area contributed by atoms with E-state index in [-0.39, 0.29) is 18.1 Å². The monoisotopic (exact) mass is 342 g/mol. The van der Waals surface area contributed by atoms with E-state index in [1.54, 1.807) is 50.6 Å². The lowest BCUT2D eigenvalue weighted by Gasteiger charge is -2.12. The fourth-order valence-electron chi connectivity index (χ4n) is 2.29. The number of hydrogen-bond donors (Lipinski definition) is 2. The van der Waals surface area contributed by atoms with Crippen LogP contribution in [0.1, 0.15) is 23.7 Å². The quantitative estimate of drug-likeness (QED) is 0.720. The van der Waals surface area contributed by atoms with E-state index in [0.29, 0.717) is 29.3 Å². The van der Waals surface area contributed by atoms with Crippen LogP contribution in [0.3, 0.4) is 0 Å². The van der Waals surface area contributed by atoms with Gasteiger partial charge < -0.3 is 20.1 Å². The average Bonchev–Trinajstić information content (AvgIpc) is 2.61. The minimum Gasteiger partial charge on any atom is -0.497 e. The van der Waals surface area contributed by atoms with Crippen LogP contribution in [0.4, 0.5) is 11.4 Å². The highest BCUT2D eigenvalue weighted by Gasteiger charge is 2.09. The van der Waals surface area contributed by atoms with Crippen molar-refractivity contribution in [3.8, 4) is 11.5 Å². The number of benzene rings is 2. The van der Waals surface area contributed by atoms with Gasteiger partial charge in [0.2, 0.25) is 5.91 Å². The van der Waals surface area contributed by atoms with Crippen LogP contribution < -0.4 is 20.1 Å². The molecule has 1 amide bonds. The largest absolute Gasteiger partial charge is 0.497 e. The molecule has 2 aromatic rings. The Kier molecular flexibility index (Phi) is 6.39. The van der Waals surface area contributed by atoms with Crippen LogP contribution in [-0.4, -0.2) is 32.5 Å². The van der Waals surface area contributed by atoms with Gasteiger partial charge in [-0.3, -0.25) is 9.59 Å². The Balaban J connectivity index is 1.91. The molecule has 0 saturated heterocycles. The molecule has 2 rings (SSSR count). The lowest BCUT2D eigenvalue weighted by atomic mass is 10.1. The van der Waals surface area contributed by atoms with Crippen LogP contribution in [-0.2, 0) is 4.79 Å². The Morgan fingerprint density at radius 3 is 2.52 bits per heavy atom. The van der Waals surface area contributed by atoms with Crippen LogP contribution in [0.5, 0.6) is 11.5 Å². The molecule has 0 fully saturated rings. The lowest BCUT2D eigenvalue weighted by Crippen LogP contribution is -2.16. The average molecular weight is 342 g/mol. The molecule has 0 spiro atoms. The Hall–Kier alpha value is -3.02. The minimum absolute atomic E-state index is 0.00603. The number of nitrogens with one attached hydrogen (secondary N) is 2. The van der Waals surface area contributed by atoms with Gasteiger partial charge in [0, 0.05) is 30.3 Å². The van der Waals surface area contributed by atoms with E-state index in [0.717, 1.165) is 5.69 Å². The van der Waals surface area contributed by atoms with Crippen molar-refractivity contribution in [2.45, 2.75) is 13.3 Å². The molecule has 0 atom stereocenters. The number of anilines is 2. The van der Waals surface area contributed by atoms with Gasteiger partial charge in [-0.1, -0.05) is 12.1 Å². The molecule has 2 N–H and O–H groups in total. The number of carbonyl (C=O) groups is 2. The first-order valence-corrected chi connectivity index (χ1v) is 7.90. The number of methoxy groups -OCH3 is 2. The standard InChI is InChI=1S/C19H22N2O4/c1-13(22)14-5-4-6-15(11-14)20-10-9-19(23)21-17-12-16(24-2)7-8-18(17)25-3/h4-8,11-12,20H,9-10H2,1-3H3,(H,21,23). The normalized spacial score (nSPS) is 10.0. The van der Waals surface area contributed by atoms with E-state index < -0.39 is 0 Å². The fraction of sp³-hybridized carbons (Fsp3) is 0.263. The van der Waals surface area contributed by atoms with Gasteiger partial charge in [0.05, 0.1) is 19.9 Å². The molecule has 25 heavy (non-hydrogen) atoms. The van der Waals surface area contributed by atoms with Crippen LogP contribution in [0, 0.1) is 0 Å². The maximum atomic E-state index is 12.1. The Bertz CT molecular complexity index is 759. The maximum Gasteiger partial charge on any atom is 0.226 e. The van der Waals surface area contributed by atoms with E-state index in [9.17, 15) is 9.59 Å². The molecule has 6 heteroatoms. The predicted molar refractivity (Wildman–Crippen MR) is 97.7 cm³/mol. The Morgan fingerprint density at radius 1 is 1.04 bits per heavy atom. The van der Waals surface area contributed by atoms with E-state index in [4.69, 9.17) is 9.47 Å². The van der Waals surface area contributed by atoms with Crippen molar-refractivity contribution in [2.75, 3.05) is 31.4 Å². The van der Waals surface area contributed by atoms with Crippen molar-refractivity contribution in [1.82, 2.24) is 0 Å². The van der Waals surface area contributed by atoms with E-state index in [2.05, 4.69) is 10.6 Å². The molecule has 0 aromatic heterocycles. The number of ether oxygens (including phenoxy) is 2. The highest BCUT2D eigenvalue weighted by Crippen LogP contribution is 2.28. The number of ketones is 1. The second kappa shape index (κ2) is 8.73. The van der Waals surface area contributed by atoms with E-state index in [1.165, 1.54) is 6.92 Å². The van der Waals surface area contributed by atoms with Crippen LogP contribution in [0.25, 0.3) is 0 Å². The summed E-state index contributed by atoms with van der Waals surface area (Å²) in [7, 11) is 3.10. The summed E-state index contributed by atoms with van der Waals surface area (Å²) in [6.07, 6.45) is 0.269. The lowest BCUT2D eigenvalue weighted by molar-refractivity contribution is -0.116. The molecule has 2 aromatic carbocycles. The third kappa shape index (κ3) is 5.24. The third-order valence-corrected chi connectivity index (χ3v) is 3.63. The molecule has 6 nitrogen and oxygen atoms in total. The zero-order valence-electron chi connectivity index (χ0n) is 14.6. The summed E-state index contributed by atoms with van der Waals surface area (Å²) in [4.78, 5) is 23.5. The predicted octanol–water partition coefficient (Wildman–Crippen LogP) is 3.35. The summed E-state index contributed by atoms with van der Waals surface area (Å²) in [6.45, 7) is 1.97. The van der Waals surface area contributed by atoms with Crippen molar-refractivity contribution >= 4 is 23.1 Å². The SMILES string of the molecule is COc1ccc(OC)c(NC(=O)CCNc2cccc(C(C)=O)c2)c1. The molecule has 132 valence electrons. The van der Waals surface area contributed by atoms with Gasteiger partial charge in [0.25, 0.3) is 0 Å². The third-order valence-electron chi connectivity index (χ3n) is 3.63. The maximum absolute atomic E-state index is 12.1. The molecule has 0 bridgehead atoms.